The van der Waals surface area contributed by atoms with Gasteiger partial charge in [-0.2, -0.15) is 0 Å². The van der Waals surface area contributed by atoms with Crippen molar-refractivity contribution in [3.05, 3.63) is 89.5 Å². The van der Waals surface area contributed by atoms with Crippen LogP contribution in [0.2, 0.25) is 0 Å². The predicted octanol–water partition coefficient (Wildman–Crippen LogP) is 3.75. The summed E-state index contributed by atoms with van der Waals surface area (Å²) in [5, 5.41) is 23.7. The van der Waals surface area contributed by atoms with E-state index in [1.54, 1.807) is 0 Å². The van der Waals surface area contributed by atoms with Crippen molar-refractivity contribution in [2.24, 2.45) is 0 Å². The Hall–Kier alpha value is -2.86. The van der Waals surface area contributed by atoms with Crippen molar-refractivity contribution >= 4 is 29.2 Å². The van der Waals surface area contributed by atoms with E-state index in [0.29, 0.717) is 12.3 Å². The van der Waals surface area contributed by atoms with Gasteiger partial charge in [0, 0.05) is 18.7 Å². The first kappa shape index (κ1) is 19.5. The molecule has 0 radical (unpaired) electrons. The summed E-state index contributed by atoms with van der Waals surface area (Å²) in [5.74, 6) is 0.701. The standard InChI is InChI=1S/C24H24BNO3/c1-26(14-17-8-2-7-13-24(17)29-25-28)15-22-18-9-3-5-11-20(18)23(16-27)21-12-6-4-10-19(21)22/h2-13,25,27-28H,14-16H2,1H3. The van der Waals surface area contributed by atoms with Crippen LogP contribution in [0.4, 0.5) is 0 Å². The molecule has 0 fully saturated rings. The summed E-state index contributed by atoms with van der Waals surface area (Å²) in [6, 6.07) is 24.4. The Morgan fingerprint density at radius 3 is 1.83 bits per heavy atom. The Morgan fingerprint density at radius 2 is 1.28 bits per heavy atom. The van der Waals surface area contributed by atoms with Crippen LogP contribution in [0.25, 0.3) is 21.5 Å². The number of hydrogen-bond donors (Lipinski definition) is 2. The number of fused-ring (bicyclic) bond motifs is 2. The number of nitrogens with zero attached hydrogens (tertiary/aromatic N) is 1. The molecule has 4 nitrogen and oxygen atoms in total. The average molecular weight is 385 g/mol. The number of benzene rings is 4. The van der Waals surface area contributed by atoms with E-state index in [4.69, 9.17) is 9.68 Å². The minimum absolute atomic E-state index is 0.0169. The second-order valence-corrected chi connectivity index (χ2v) is 7.26. The second-order valence-electron chi connectivity index (χ2n) is 7.26. The minimum Gasteiger partial charge on any atom is -0.539 e. The Labute approximate surface area is 171 Å². The van der Waals surface area contributed by atoms with Crippen molar-refractivity contribution in [2.45, 2.75) is 19.7 Å². The molecule has 0 spiro atoms. The van der Waals surface area contributed by atoms with Crippen molar-refractivity contribution in [2.75, 3.05) is 7.05 Å². The maximum Gasteiger partial charge on any atom is 0.504 e. The number of aliphatic hydroxyl groups is 1. The van der Waals surface area contributed by atoms with Gasteiger partial charge in [-0.25, -0.2) is 0 Å². The molecule has 29 heavy (non-hydrogen) atoms. The maximum absolute atomic E-state index is 10.0. The normalized spacial score (nSPS) is 11.3. The predicted molar refractivity (Wildman–Crippen MR) is 119 cm³/mol. The van der Waals surface area contributed by atoms with Gasteiger partial charge >= 0.3 is 7.69 Å². The minimum atomic E-state index is -0.335. The molecule has 0 saturated carbocycles. The van der Waals surface area contributed by atoms with E-state index in [2.05, 4.69) is 36.2 Å². The lowest BCUT2D eigenvalue weighted by atomic mass is 9.91. The van der Waals surface area contributed by atoms with Gasteiger partial charge in [0.15, 0.2) is 0 Å². The van der Waals surface area contributed by atoms with Crippen LogP contribution in [0.5, 0.6) is 5.75 Å². The SMILES string of the molecule is CN(Cc1ccccc1OBO)Cc1c2ccccc2c(CO)c2ccccc12. The lowest BCUT2D eigenvalue weighted by Gasteiger charge is -2.22. The summed E-state index contributed by atoms with van der Waals surface area (Å²) in [7, 11) is 1.75. The first-order chi connectivity index (χ1) is 14.2. The highest BCUT2D eigenvalue weighted by atomic mass is 16.5. The van der Waals surface area contributed by atoms with Crippen molar-refractivity contribution in [1.29, 1.82) is 0 Å². The van der Waals surface area contributed by atoms with Gasteiger partial charge in [0.05, 0.1) is 6.61 Å². The summed E-state index contributed by atoms with van der Waals surface area (Å²) in [6.07, 6.45) is 0. The molecule has 4 aromatic rings. The van der Waals surface area contributed by atoms with Crippen molar-refractivity contribution in [3.63, 3.8) is 0 Å². The smallest absolute Gasteiger partial charge is 0.504 e. The van der Waals surface area contributed by atoms with E-state index in [0.717, 1.165) is 28.4 Å². The van der Waals surface area contributed by atoms with Gasteiger partial charge in [-0.1, -0.05) is 66.7 Å². The highest BCUT2D eigenvalue weighted by Crippen LogP contribution is 2.34. The first-order valence-electron chi connectivity index (χ1n) is 9.75. The van der Waals surface area contributed by atoms with E-state index in [-0.39, 0.29) is 14.3 Å². The molecule has 0 bridgehead atoms. The van der Waals surface area contributed by atoms with Gasteiger partial charge in [0.1, 0.15) is 5.75 Å². The van der Waals surface area contributed by atoms with Crippen LogP contribution in [-0.4, -0.2) is 29.8 Å². The molecule has 0 atom stereocenters. The molecule has 0 saturated heterocycles. The van der Waals surface area contributed by atoms with Gasteiger partial charge in [0.25, 0.3) is 0 Å². The summed E-state index contributed by atoms with van der Waals surface area (Å²) in [4.78, 5) is 2.24. The summed E-state index contributed by atoms with van der Waals surface area (Å²) >= 11 is 0. The third-order valence-corrected chi connectivity index (χ3v) is 5.37. The molecule has 4 aromatic carbocycles. The van der Waals surface area contributed by atoms with Crippen LogP contribution in [0.3, 0.4) is 0 Å². The topological polar surface area (TPSA) is 52.9 Å². The van der Waals surface area contributed by atoms with Gasteiger partial charge < -0.3 is 14.8 Å². The van der Waals surface area contributed by atoms with E-state index in [1.807, 2.05) is 48.5 Å². The molecule has 5 heteroatoms. The molecule has 0 aromatic heterocycles. The lowest BCUT2D eigenvalue weighted by molar-refractivity contribution is 0.284. The zero-order chi connectivity index (χ0) is 20.2. The molecule has 4 rings (SSSR count). The van der Waals surface area contributed by atoms with E-state index in [1.165, 1.54) is 16.3 Å². The van der Waals surface area contributed by atoms with E-state index < -0.39 is 0 Å². The Bertz CT molecular complexity index is 1090. The fourth-order valence-corrected chi connectivity index (χ4v) is 4.11. The van der Waals surface area contributed by atoms with Gasteiger partial charge in [0.2, 0.25) is 0 Å². The fourth-order valence-electron chi connectivity index (χ4n) is 4.11. The van der Waals surface area contributed by atoms with Crippen LogP contribution in [-0.2, 0) is 19.7 Å². The van der Waals surface area contributed by atoms with E-state index in [9.17, 15) is 5.11 Å². The molecular formula is C24H24BNO3. The average Bonchev–Trinajstić information content (AvgIpc) is 2.75. The highest BCUT2D eigenvalue weighted by molar-refractivity contribution is 6.17. The van der Waals surface area contributed by atoms with Crippen molar-refractivity contribution in [1.82, 2.24) is 4.90 Å². The van der Waals surface area contributed by atoms with Crippen molar-refractivity contribution in [3.8, 4) is 5.75 Å². The van der Waals surface area contributed by atoms with Crippen LogP contribution in [0.1, 0.15) is 16.7 Å². The Balaban J connectivity index is 1.76. The van der Waals surface area contributed by atoms with Crippen molar-refractivity contribution < 1.29 is 14.8 Å². The summed E-state index contributed by atoms with van der Waals surface area (Å²) in [5.41, 5.74) is 3.25. The van der Waals surface area contributed by atoms with Crippen LogP contribution in [0, 0.1) is 0 Å². The molecule has 0 aliphatic heterocycles. The molecule has 0 aliphatic carbocycles. The zero-order valence-electron chi connectivity index (χ0n) is 16.5. The molecule has 0 heterocycles. The number of aliphatic hydroxyl groups excluding tert-OH is 1. The number of rotatable bonds is 7. The molecule has 2 N–H and O–H groups in total. The second kappa shape index (κ2) is 8.66. The monoisotopic (exact) mass is 385 g/mol. The van der Waals surface area contributed by atoms with Gasteiger partial charge in [-0.3, -0.25) is 4.90 Å². The van der Waals surface area contributed by atoms with Crippen LogP contribution >= 0.6 is 0 Å². The molecule has 0 amide bonds. The Morgan fingerprint density at radius 1 is 0.759 bits per heavy atom. The third kappa shape index (κ3) is 3.85. The molecule has 0 unspecified atom stereocenters. The van der Waals surface area contributed by atoms with Crippen LogP contribution in [0.15, 0.2) is 72.8 Å². The molecule has 0 aliphatic rings. The Kier molecular flexibility index (Phi) is 5.81. The molecular weight excluding hydrogens is 361 g/mol. The quantitative estimate of drug-likeness (QED) is 0.376. The number of hydrogen-bond acceptors (Lipinski definition) is 4. The van der Waals surface area contributed by atoms with Gasteiger partial charge in [-0.15, -0.1) is 0 Å². The maximum atomic E-state index is 10.0. The van der Waals surface area contributed by atoms with Gasteiger partial charge in [-0.05, 0) is 45.8 Å². The van der Waals surface area contributed by atoms with Crippen LogP contribution < -0.4 is 4.65 Å². The highest BCUT2D eigenvalue weighted by Gasteiger charge is 2.15. The summed E-state index contributed by atoms with van der Waals surface area (Å²) < 4.78 is 5.36. The van der Waals surface area contributed by atoms with E-state index >= 15 is 0 Å². The summed E-state index contributed by atoms with van der Waals surface area (Å²) in [6.45, 7) is 1.46. The number of para-hydroxylation sites is 1. The largest absolute Gasteiger partial charge is 0.539 e. The lowest BCUT2D eigenvalue weighted by Crippen LogP contribution is -2.19. The third-order valence-electron chi connectivity index (χ3n) is 5.37. The zero-order valence-corrected chi connectivity index (χ0v) is 16.5. The first-order valence-corrected chi connectivity index (χ1v) is 9.75. The molecule has 146 valence electrons. The fraction of sp³-hybridized carbons (Fsp3) is 0.167.